The molecule has 2 N–H and O–H groups in total. The molecule has 1 aliphatic carbocycles. The molecule has 0 bridgehead atoms. The van der Waals surface area contributed by atoms with Crippen molar-refractivity contribution < 1.29 is 0 Å². The van der Waals surface area contributed by atoms with Crippen LogP contribution in [-0.2, 0) is 13.0 Å². The molecular formula is C19H34IN5S. The normalized spacial score (nSPS) is 21.8. The molecule has 1 aromatic rings. The molecule has 0 radical (unpaired) electrons. The first-order chi connectivity index (χ1) is 12.3. The number of nitrogens with zero attached hydrogens (tertiary/aromatic N) is 3. The number of aromatic nitrogens is 1. The van der Waals surface area contributed by atoms with Gasteiger partial charge in [-0.2, -0.15) is 0 Å². The maximum atomic E-state index is 4.75. The molecule has 5 nitrogen and oxygen atoms in total. The summed E-state index contributed by atoms with van der Waals surface area (Å²) in [6.07, 6.45) is 10.0. The van der Waals surface area contributed by atoms with Crippen molar-refractivity contribution in [2.75, 3.05) is 26.2 Å². The van der Waals surface area contributed by atoms with E-state index < -0.39 is 0 Å². The molecule has 2 fully saturated rings. The van der Waals surface area contributed by atoms with Crippen molar-refractivity contribution in [3.05, 3.63) is 16.1 Å². The number of halogens is 1. The zero-order valence-electron chi connectivity index (χ0n) is 16.2. The minimum atomic E-state index is 0. The smallest absolute Gasteiger partial charge is 0.191 e. The predicted octanol–water partition coefficient (Wildman–Crippen LogP) is 3.64. The van der Waals surface area contributed by atoms with Crippen molar-refractivity contribution >= 4 is 41.3 Å². The molecule has 1 atom stereocenters. The number of aryl methyl sites for hydroxylation is 1. The van der Waals surface area contributed by atoms with Gasteiger partial charge in [0.05, 0.1) is 6.54 Å². The van der Waals surface area contributed by atoms with Crippen molar-refractivity contribution in [3.63, 3.8) is 0 Å². The molecule has 1 unspecified atom stereocenters. The summed E-state index contributed by atoms with van der Waals surface area (Å²) in [5.74, 6) is 1.88. The van der Waals surface area contributed by atoms with Gasteiger partial charge in [0.1, 0.15) is 5.01 Å². The van der Waals surface area contributed by atoms with Crippen LogP contribution >= 0.6 is 35.3 Å². The third-order valence-electron chi connectivity index (χ3n) is 5.27. The van der Waals surface area contributed by atoms with Crippen molar-refractivity contribution in [1.29, 1.82) is 0 Å². The Hall–Kier alpha value is -0.410. The van der Waals surface area contributed by atoms with Crippen LogP contribution < -0.4 is 10.6 Å². The van der Waals surface area contributed by atoms with E-state index in [1.54, 1.807) is 11.3 Å². The van der Waals surface area contributed by atoms with Crippen LogP contribution in [0, 0.1) is 5.92 Å². The summed E-state index contributed by atoms with van der Waals surface area (Å²) in [7, 11) is 0. The highest BCUT2D eigenvalue weighted by atomic mass is 127. The van der Waals surface area contributed by atoms with Gasteiger partial charge in [0.2, 0.25) is 0 Å². The molecule has 0 amide bonds. The van der Waals surface area contributed by atoms with E-state index >= 15 is 0 Å². The maximum absolute atomic E-state index is 4.75. The van der Waals surface area contributed by atoms with E-state index in [2.05, 4.69) is 34.4 Å². The molecule has 2 aliphatic rings. The number of aliphatic imine (C=N–C) groups is 1. The minimum absolute atomic E-state index is 0. The van der Waals surface area contributed by atoms with Crippen LogP contribution in [0.3, 0.4) is 0 Å². The SMILES string of the molecule is CCNC(=NCc1ncc(CC)s1)NC1CCN(CC2CCCC2)C1.I. The Morgan fingerprint density at radius 2 is 2.12 bits per heavy atom. The van der Waals surface area contributed by atoms with Gasteiger partial charge in [-0.15, -0.1) is 35.3 Å². The number of likely N-dealkylation sites (tertiary alicyclic amines) is 1. The van der Waals surface area contributed by atoms with Crippen molar-refractivity contribution in [3.8, 4) is 0 Å². The third-order valence-corrected chi connectivity index (χ3v) is 6.40. The lowest BCUT2D eigenvalue weighted by Gasteiger charge is -2.21. The van der Waals surface area contributed by atoms with Crippen LogP contribution in [-0.4, -0.2) is 48.1 Å². The highest BCUT2D eigenvalue weighted by Gasteiger charge is 2.26. The summed E-state index contributed by atoms with van der Waals surface area (Å²) in [5, 5.41) is 8.12. The molecule has 0 aromatic carbocycles. The molecule has 148 valence electrons. The molecule has 1 aliphatic heterocycles. The Kier molecular flexibility index (Phi) is 9.63. The van der Waals surface area contributed by atoms with Crippen LogP contribution in [0.25, 0.3) is 0 Å². The molecule has 26 heavy (non-hydrogen) atoms. The fourth-order valence-corrected chi connectivity index (χ4v) is 4.71. The van der Waals surface area contributed by atoms with Gasteiger partial charge >= 0.3 is 0 Å². The van der Waals surface area contributed by atoms with Crippen LogP contribution in [0.5, 0.6) is 0 Å². The average molecular weight is 491 g/mol. The zero-order chi connectivity index (χ0) is 17.5. The molecule has 1 saturated carbocycles. The minimum Gasteiger partial charge on any atom is -0.357 e. The van der Waals surface area contributed by atoms with Crippen LogP contribution in [0.15, 0.2) is 11.2 Å². The van der Waals surface area contributed by atoms with E-state index in [1.165, 1.54) is 50.1 Å². The Morgan fingerprint density at radius 3 is 2.81 bits per heavy atom. The number of thiazole rings is 1. The van der Waals surface area contributed by atoms with E-state index in [4.69, 9.17) is 4.99 Å². The maximum Gasteiger partial charge on any atom is 0.191 e. The summed E-state index contributed by atoms with van der Waals surface area (Å²) in [4.78, 5) is 13.2. The molecular weight excluding hydrogens is 457 g/mol. The predicted molar refractivity (Wildman–Crippen MR) is 122 cm³/mol. The Labute approximate surface area is 179 Å². The molecule has 2 heterocycles. The second kappa shape index (κ2) is 11.4. The summed E-state index contributed by atoms with van der Waals surface area (Å²) in [6.45, 7) is 9.52. The second-order valence-corrected chi connectivity index (χ2v) is 8.51. The monoisotopic (exact) mass is 491 g/mol. The molecule has 7 heteroatoms. The van der Waals surface area contributed by atoms with Gasteiger partial charge in [-0.05, 0) is 38.5 Å². The quantitative estimate of drug-likeness (QED) is 0.348. The lowest BCUT2D eigenvalue weighted by Crippen LogP contribution is -2.44. The third kappa shape index (κ3) is 6.64. The number of guanidine groups is 1. The molecule has 1 saturated heterocycles. The van der Waals surface area contributed by atoms with Crippen molar-refractivity contribution in [1.82, 2.24) is 20.5 Å². The zero-order valence-corrected chi connectivity index (χ0v) is 19.3. The highest BCUT2D eigenvalue weighted by molar-refractivity contribution is 14.0. The number of nitrogens with one attached hydrogen (secondary N) is 2. The number of rotatable bonds is 7. The highest BCUT2D eigenvalue weighted by Crippen LogP contribution is 2.26. The van der Waals surface area contributed by atoms with Gasteiger partial charge in [-0.1, -0.05) is 19.8 Å². The largest absolute Gasteiger partial charge is 0.357 e. The summed E-state index contributed by atoms with van der Waals surface area (Å²) in [5.41, 5.74) is 0. The number of hydrogen-bond acceptors (Lipinski definition) is 4. The van der Waals surface area contributed by atoms with E-state index in [1.807, 2.05) is 6.20 Å². The Morgan fingerprint density at radius 1 is 1.31 bits per heavy atom. The molecule has 3 rings (SSSR count). The van der Waals surface area contributed by atoms with E-state index in [9.17, 15) is 0 Å². The Balaban J connectivity index is 0.00000243. The van der Waals surface area contributed by atoms with Crippen LogP contribution in [0.2, 0.25) is 0 Å². The van der Waals surface area contributed by atoms with E-state index in [0.29, 0.717) is 12.6 Å². The van der Waals surface area contributed by atoms with Gasteiger partial charge in [0.15, 0.2) is 5.96 Å². The first-order valence-electron chi connectivity index (χ1n) is 9.97. The first kappa shape index (κ1) is 21.9. The Bertz CT molecular complexity index is 556. The first-order valence-corrected chi connectivity index (χ1v) is 10.8. The molecule has 1 aromatic heterocycles. The van der Waals surface area contributed by atoms with Crippen molar-refractivity contribution in [2.45, 2.75) is 65.0 Å². The topological polar surface area (TPSA) is 52.6 Å². The van der Waals surface area contributed by atoms with Gasteiger partial charge in [-0.25, -0.2) is 9.98 Å². The van der Waals surface area contributed by atoms with Gasteiger partial charge in [0, 0.05) is 43.3 Å². The van der Waals surface area contributed by atoms with E-state index in [0.717, 1.165) is 36.4 Å². The summed E-state index contributed by atoms with van der Waals surface area (Å²) < 4.78 is 0. The van der Waals surface area contributed by atoms with Crippen LogP contribution in [0.4, 0.5) is 0 Å². The summed E-state index contributed by atoms with van der Waals surface area (Å²) in [6, 6.07) is 0.515. The fraction of sp³-hybridized carbons (Fsp3) is 0.789. The van der Waals surface area contributed by atoms with Crippen molar-refractivity contribution in [2.24, 2.45) is 10.9 Å². The average Bonchev–Trinajstić information content (AvgIpc) is 3.35. The van der Waals surface area contributed by atoms with Gasteiger partial charge < -0.3 is 15.5 Å². The number of hydrogen-bond donors (Lipinski definition) is 2. The molecule has 0 spiro atoms. The van der Waals surface area contributed by atoms with Gasteiger partial charge in [-0.3, -0.25) is 0 Å². The summed E-state index contributed by atoms with van der Waals surface area (Å²) >= 11 is 1.77. The van der Waals surface area contributed by atoms with Gasteiger partial charge in [0.25, 0.3) is 0 Å². The second-order valence-electron chi connectivity index (χ2n) is 7.31. The van der Waals surface area contributed by atoms with E-state index in [-0.39, 0.29) is 24.0 Å². The van der Waals surface area contributed by atoms with Crippen LogP contribution in [0.1, 0.15) is 55.8 Å². The standard InChI is InChI=1S/C19H33N5S.HI/c1-3-17-11-21-18(25-17)12-22-19(20-4-2)23-16-9-10-24(14-16)13-15-7-5-6-8-15;/h11,15-16H,3-10,12-14H2,1-2H3,(H2,20,22,23);1H. The fourth-order valence-electron chi connectivity index (χ4n) is 3.92. The lowest BCUT2D eigenvalue weighted by atomic mass is 10.1. The lowest BCUT2D eigenvalue weighted by molar-refractivity contribution is 0.275.